The van der Waals surface area contributed by atoms with Crippen molar-refractivity contribution in [3.8, 4) is 17.2 Å². The van der Waals surface area contributed by atoms with Gasteiger partial charge in [-0.15, -0.1) is 10.2 Å². The Morgan fingerprint density at radius 2 is 1.96 bits per heavy atom. The largest absolute Gasteiger partial charge is 0.506 e. The summed E-state index contributed by atoms with van der Waals surface area (Å²) in [5, 5.41) is 42.6. The standard InChI is InChI=1S/C16H13N5O4/c1-10-7-12(20-6-2-5-17-20)9-15(23)16(10)19-18-13-8-11(21(24)25)3-4-14(13)22/h2-9,22-23H,1H3. The number of benzene rings is 2. The van der Waals surface area contributed by atoms with E-state index in [0.717, 1.165) is 12.1 Å². The third-order valence-corrected chi connectivity index (χ3v) is 3.46. The minimum atomic E-state index is -0.597. The van der Waals surface area contributed by atoms with Gasteiger partial charge in [0.2, 0.25) is 0 Å². The van der Waals surface area contributed by atoms with Crippen LogP contribution in [0.25, 0.3) is 5.69 Å². The monoisotopic (exact) mass is 339 g/mol. The molecule has 2 N–H and O–H groups in total. The van der Waals surface area contributed by atoms with Crippen LogP contribution in [0.4, 0.5) is 17.1 Å². The van der Waals surface area contributed by atoms with Crippen molar-refractivity contribution in [1.29, 1.82) is 0 Å². The number of hydrogen-bond donors (Lipinski definition) is 2. The Balaban J connectivity index is 1.97. The van der Waals surface area contributed by atoms with Crippen molar-refractivity contribution >= 4 is 17.1 Å². The second-order valence-corrected chi connectivity index (χ2v) is 5.21. The fourth-order valence-electron chi connectivity index (χ4n) is 2.24. The lowest BCUT2D eigenvalue weighted by Crippen LogP contribution is -1.94. The molecule has 0 atom stereocenters. The number of aromatic hydroxyl groups is 2. The molecule has 9 heteroatoms. The number of non-ortho nitro benzene ring substituents is 1. The van der Waals surface area contributed by atoms with E-state index in [1.807, 2.05) is 0 Å². The highest BCUT2D eigenvalue weighted by Crippen LogP contribution is 2.36. The number of rotatable bonds is 4. The predicted octanol–water partition coefficient (Wildman–Crippen LogP) is 3.92. The first kappa shape index (κ1) is 16.1. The Kier molecular flexibility index (Phi) is 4.12. The molecular formula is C16H13N5O4. The summed E-state index contributed by atoms with van der Waals surface area (Å²) in [5.41, 5.74) is 1.18. The van der Waals surface area contributed by atoms with E-state index in [9.17, 15) is 20.3 Å². The van der Waals surface area contributed by atoms with E-state index in [-0.39, 0.29) is 28.6 Å². The summed E-state index contributed by atoms with van der Waals surface area (Å²) in [4.78, 5) is 10.2. The Morgan fingerprint density at radius 3 is 2.60 bits per heavy atom. The normalized spacial score (nSPS) is 11.1. The highest BCUT2D eigenvalue weighted by molar-refractivity contribution is 5.62. The van der Waals surface area contributed by atoms with Crippen molar-refractivity contribution in [2.45, 2.75) is 6.92 Å². The second-order valence-electron chi connectivity index (χ2n) is 5.21. The Hall–Kier alpha value is -3.75. The van der Waals surface area contributed by atoms with Crippen LogP contribution in [0, 0.1) is 17.0 Å². The van der Waals surface area contributed by atoms with Gasteiger partial charge in [0.05, 0.1) is 10.6 Å². The first-order valence-electron chi connectivity index (χ1n) is 7.18. The summed E-state index contributed by atoms with van der Waals surface area (Å²) in [5.74, 6) is -0.376. The van der Waals surface area contributed by atoms with Crippen LogP contribution in [0.5, 0.6) is 11.5 Å². The number of aryl methyl sites for hydroxylation is 1. The molecule has 1 aromatic heterocycles. The molecule has 0 spiro atoms. The van der Waals surface area contributed by atoms with E-state index >= 15 is 0 Å². The van der Waals surface area contributed by atoms with E-state index in [2.05, 4.69) is 15.3 Å². The van der Waals surface area contributed by atoms with Gasteiger partial charge >= 0.3 is 0 Å². The van der Waals surface area contributed by atoms with Gasteiger partial charge in [-0.3, -0.25) is 10.1 Å². The summed E-state index contributed by atoms with van der Waals surface area (Å²) in [6.07, 6.45) is 3.35. The van der Waals surface area contributed by atoms with Gasteiger partial charge in [-0.2, -0.15) is 5.10 Å². The number of hydrogen-bond acceptors (Lipinski definition) is 7. The molecule has 0 fully saturated rings. The maximum Gasteiger partial charge on any atom is 0.271 e. The first-order chi connectivity index (χ1) is 12.0. The molecule has 1 heterocycles. The molecular weight excluding hydrogens is 326 g/mol. The minimum absolute atomic E-state index is 0.0656. The molecule has 25 heavy (non-hydrogen) atoms. The maximum atomic E-state index is 10.8. The lowest BCUT2D eigenvalue weighted by molar-refractivity contribution is -0.384. The molecule has 0 amide bonds. The molecule has 3 rings (SSSR count). The van der Waals surface area contributed by atoms with Gasteiger partial charge in [-0.05, 0) is 30.7 Å². The van der Waals surface area contributed by atoms with Crippen molar-refractivity contribution < 1.29 is 15.1 Å². The average Bonchev–Trinajstić information content (AvgIpc) is 3.09. The van der Waals surface area contributed by atoms with Crippen LogP contribution in [0.3, 0.4) is 0 Å². The SMILES string of the molecule is Cc1cc(-n2cccn2)cc(O)c1N=Nc1cc([N+](=O)[O-])ccc1O. The summed E-state index contributed by atoms with van der Waals surface area (Å²) >= 11 is 0. The lowest BCUT2D eigenvalue weighted by Gasteiger charge is -2.07. The van der Waals surface area contributed by atoms with Crippen molar-refractivity contribution in [1.82, 2.24) is 9.78 Å². The van der Waals surface area contributed by atoms with Crippen molar-refractivity contribution in [3.05, 3.63) is 64.5 Å². The van der Waals surface area contributed by atoms with Gasteiger partial charge in [0.15, 0.2) is 0 Å². The highest BCUT2D eigenvalue weighted by atomic mass is 16.6. The first-order valence-corrected chi connectivity index (χ1v) is 7.18. The molecule has 3 aromatic rings. The second kappa shape index (κ2) is 6.40. The van der Waals surface area contributed by atoms with Gasteiger partial charge in [-0.1, -0.05) is 0 Å². The number of nitro benzene ring substituents is 1. The van der Waals surface area contributed by atoms with Gasteiger partial charge < -0.3 is 10.2 Å². The Labute approximate surface area is 141 Å². The van der Waals surface area contributed by atoms with Crippen molar-refractivity contribution in [2.24, 2.45) is 10.2 Å². The zero-order valence-corrected chi connectivity index (χ0v) is 13.1. The molecule has 2 aromatic carbocycles. The molecule has 0 aliphatic rings. The van der Waals surface area contributed by atoms with Crippen LogP contribution in [0.15, 0.2) is 59.0 Å². The third-order valence-electron chi connectivity index (χ3n) is 3.46. The number of phenolic OH excluding ortho intramolecular Hbond substituents is 2. The summed E-state index contributed by atoms with van der Waals surface area (Å²) in [7, 11) is 0. The minimum Gasteiger partial charge on any atom is -0.506 e. The lowest BCUT2D eigenvalue weighted by atomic mass is 10.1. The van der Waals surface area contributed by atoms with Crippen LogP contribution in [0.1, 0.15) is 5.56 Å². The van der Waals surface area contributed by atoms with Crippen LogP contribution in [0.2, 0.25) is 0 Å². The van der Waals surface area contributed by atoms with Gasteiger partial charge in [0, 0.05) is 30.6 Å². The molecule has 0 unspecified atom stereocenters. The predicted molar refractivity (Wildman–Crippen MR) is 88.9 cm³/mol. The Bertz CT molecular complexity index is 944. The molecule has 0 aliphatic heterocycles. The van der Waals surface area contributed by atoms with E-state index < -0.39 is 4.92 Å². The number of phenols is 2. The van der Waals surface area contributed by atoms with E-state index in [0.29, 0.717) is 11.3 Å². The number of nitro groups is 1. The zero-order valence-electron chi connectivity index (χ0n) is 13.1. The van der Waals surface area contributed by atoms with Crippen LogP contribution < -0.4 is 0 Å². The highest BCUT2D eigenvalue weighted by Gasteiger charge is 2.12. The molecule has 9 nitrogen and oxygen atoms in total. The summed E-state index contributed by atoms with van der Waals surface area (Å²) in [6, 6.07) is 8.42. The quantitative estimate of drug-likeness (QED) is 0.423. The average molecular weight is 339 g/mol. The van der Waals surface area contributed by atoms with Crippen LogP contribution in [-0.2, 0) is 0 Å². The molecule has 0 radical (unpaired) electrons. The van der Waals surface area contributed by atoms with Gasteiger partial charge in [-0.25, -0.2) is 4.68 Å². The van der Waals surface area contributed by atoms with Crippen LogP contribution >= 0.6 is 0 Å². The van der Waals surface area contributed by atoms with E-state index in [4.69, 9.17) is 0 Å². The Morgan fingerprint density at radius 1 is 1.16 bits per heavy atom. The molecule has 0 bridgehead atoms. The third kappa shape index (κ3) is 3.29. The summed E-state index contributed by atoms with van der Waals surface area (Å²) < 4.78 is 1.58. The smallest absolute Gasteiger partial charge is 0.271 e. The number of aromatic nitrogens is 2. The fourth-order valence-corrected chi connectivity index (χ4v) is 2.24. The van der Waals surface area contributed by atoms with Crippen molar-refractivity contribution in [3.63, 3.8) is 0 Å². The maximum absolute atomic E-state index is 10.8. The fraction of sp³-hybridized carbons (Fsp3) is 0.0625. The number of nitrogens with zero attached hydrogens (tertiary/aromatic N) is 5. The van der Waals surface area contributed by atoms with Gasteiger partial charge in [0.1, 0.15) is 22.9 Å². The van der Waals surface area contributed by atoms with Crippen molar-refractivity contribution in [2.75, 3.05) is 0 Å². The summed E-state index contributed by atoms with van der Waals surface area (Å²) in [6.45, 7) is 1.73. The van der Waals surface area contributed by atoms with Crippen LogP contribution in [-0.4, -0.2) is 24.9 Å². The van der Waals surface area contributed by atoms with Gasteiger partial charge in [0.25, 0.3) is 5.69 Å². The molecule has 0 saturated carbocycles. The zero-order chi connectivity index (χ0) is 18.0. The molecule has 126 valence electrons. The number of azo groups is 1. The topological polar surface area (TPSA) is 126 Å². The van der Waals surface area contributed by atoms with E-state index in [1.165, 1.54) is 12.1 Å². The van der Waals surface area contributed by atoms with E-state index in [1.54, 1.807) is 36.1 Å². The molecule has 0 saturated heterocycles. The molecule has 0 aliphatic carbocycles.